The number of aliphatic hydroxyl groups excluding tert-OH is 1. The second-order valence-corrected chi connectivity index (χ2v) is 6.04. The Hall–Kier alpha value is -0.0800. The zero-order valence-electron chi connectivity index (χ0n) is 10.9. The molecule has 2 fully saturated rings. The maximum atomic E-state index is 10.1. The van der Waals surface area contributed by atoms with Crippen molar-refractivity contribution in [2.75, 3.05) is 13.1 Å². The molecule has 1 saturated heterocycles. The van der Waals surface area contributed by atoms with E-state index in [1.165, 1.54) is 45.2 Å². The average molecular weight is 225 g/mol. The lowest BCUT2D eigenvalue weighted by molar-refractivity contribution is 0.000493. The van der Waals surface area contributed by atoms with Gasteiger partial charge in [-0.25, -0.2) is 0 Å². The van der Waals surface area contributed by atoms with Crippen LogP contribution in [-0.2, 0) is 0 Å². The first kappa shape index (κ1) is 12.4. The molecule has 1 N–H and O–H groups in total. The molecule has 0 amide bonds. The number of aliphatic hydroxyl groups is 1. The lowest BCUT2D eigenvalue weighted by Crippen LogP contribution is -2.49. The third-order valence-electron chi connectivity index (χ3n) is 4.68. The van der Waals surface area contributed by atoms with Gasteiger partial charge in [-0.3, -0.25) is 4.90 Å². The number of hydrogen-bond donors (Lipinski definition) is 1. The summed E-state index contributed by atoms with van der Waals surface area (Å²) in [5, 5.41) is 10.1. The molecule has 1 heterocycles. The van der Waals surface area contributed by atoms with E-state index < -0.39 is 0 Å². The van der Waals surface area contributed by atoms with Crippen LogP contribution in [0.2, 0.25) is 0 Å². The first-order chi connectivity index (χ1) is 7.68. The van der Waals surface area contributed by atoms with Gasteiger partial charge in [-0.1, -0.05) is 26.7 Å². The van der Waals surface area contributed by atoms with Crippen molar-refractivity contribution in [3.05, 3.63) is 0 Å². The van der Waals surface area contributed by atoms with E-state index in [0.717, 1.165) is 18.3 Å². The van der Waals surface area contributed by atoms with E-state index in [2.05, 4.69) is 18.7 Å². The lowest BCUT2D eigenvalue weighted by atomic mass is 9.84. The van der Waals surface area contributed by atoms with Gasteiger partial charge in [-0.15, -0.1) is 0 Å². The van der Waals surface area contributed by atoms with Crippen molar-refractivity contribution in [1.29, 1.82) is 0 Å². The molecule has 0 unspecified atom stereocenters. The van der Waals surface area contributed by atoms with Crippen LogP contribution in [0.4, 0.5) is 0 Å². The molecule has 2 rings (SSSR count). The molecular weight excluding hydrogens is 198 g/mol. The molecular formula is C14H27NO. The molecule has 1 saturated carbocycles. The Balaban J connectivity index is 1.83. The fourth-order valence-corrected chi connectivity index (χ4v) is 3.44. The van der Waals surface area contributed by atoms with Crippen molar-refractivity contribution >= 4 is 0 Å². The molecule has 2 atom stereocenters. The van der Waals surface area contributed by atoms with Crippen LogP contribution in [0.3, 0.4) is 0 Å². The fraction of sp³-hybridized carbons (Fsp3) is 1.00. The fourth-order valence-electron chi connectivity index (χ4n) is 3.44. The van der Waals surface area contributed by atoms with E-state index >= 15 is 0 Å². The van der Waals surface area contributed by atoms with Crippen LogP contribution in [0.5, 0.6) is 0 Å². The SMILES string of the molecule is CC(C)C1CCN([C@H]2CCCC[C@@H]2O)CC1. The van der Waals surface area contributed by atoms with Gasteiger partial charge in [0.2, 0.25) is 0 Å². The van der Waals surface area contributed by atoms with Crippen molar-refractivity contribution in [3.63, 3.8) is 0 Å². The molecule has 0 radical (unpaired) electrons. The summed E-state index contributed by atoms with van der Waals surface area (Å²) in [6.07, 6.45) is 7.39. The Morgan fingerprint density at radius 1 is 1.00 bits per heavy atom. The van der Waals surface area contributed by atoms with Gasteiger partial charge in [0.15, 0.2) is 0 Å². The largest absolute Gasteiger partial charge is 0.391 e. The zero-order valence-corrected chi connectivity index (χ0v) is 10.9. The standard InChI is InChI=1S/C14H27NO/c1-11(2)12-7-9-15(10-8-12)13-5-3-4-6-14(13)16/h11-14,16H,3-10H2,1-2H3/t13-,14-/m0/s1. The van der Waals surface area contributed by atoms with Crippen LogP contribution < -0.4 is 0 Å². The van der Waals surface area contributed by atoms with Crippen molar-refractivity contribution < 1.29 is 5.11 Å². The summed E-state index contributed by atoms with van der Waals surface area (Å²) in [5.41, 5.74) is 0. The highest BCUT2D eigenvalue weighted by molar-refractivity contribution is 4.86. The molecule has 2 aliphatic rings. The second-order valence-electron chi connectivity index (χ2n) is 6.04. The van der Waals surface area contributed by atoms with Gasteiger partial charge in [0.1, 0.15) is 0 Å². The summed E-state index contributed by atoms with van der Waals surface area (Å²) in [6, 6.07) is 0.474. The molecule has 2 nitrogen and oxygen atoms in total. The lowest BCUT2D eigenvalue weighted by Gasteiger charge is -2.42. The van der Waals surface area contributed by atoms with Crippen LogP contribution >= 0.6 is 0 Å². The molecule has 16 heavy (non-hydrogen) atoms. The number of piperidine rings is 1. The number of rotatable bonds is 2. The molecule has 2 heteroatoms. The first-order valence-corrected chi connectivity index (χ1v) is 7.10. The highest BCUT2D eigenvalue weighted by atomic mass is 16.3. The van der Waals surface area contributed by atoms with Crippen molar-refractivity contribution in [2.24, 2.45) is 11.8 Å². The van der Waals surface area contributed by atoms with E-state index in [-0.39, 0.29) is 6.10 Å². The van der Waals surface area contributed by atoms with Crippen LogP contribution in [0.15, 0.2) is 0 Å². The third-order valence-corrected chi connectivity index (χ3v) is 4.68. The molecule has 1 aliphatic carbocycles. The van der Waals surface area contributed by atoms with Crippen LogP contribution in [0.1, 0.15) is 52.4 Å². The molecule has 0 aromatic carbocycles. The summed E-state index contributed by atoms with van der Waals surface area (Å²) < 4.78 is 0. The number of likely N-dealkylation sites (tertiary alicyclic amines) is 1. The van der Waals surface area contributed by atoms with Gasteiger partial charge in [0.05, 0.1) is 6.10 Å². The molecule has 0 bridgehead atoms. The summed E-state index contributed by atoms with van der Waals surface area (Å²) in [7, 11) is 0. The topological polar surface area (TPSA) is 23.5 Å². The Kier molecular flexibility index (Phi) is 4.26. The third kappa shape index (κ3) is 2.78. The van der Waals surface area contributed by atoms with E-state index in [4.69, 9.17) is 0 Å². The predicted octanol–water partition coefficient (Wildman–Crippen LogP) is 2.66. The smallest absolute Gasteiger partial charge is 0.0695 e. The second kappa shape index (κ2) is 5.50. The van der Waals surface area contributed by atoms with Crippen LogP contribution in [-0.4, -0.2) is 35.2 Å². The molecule has 0 aromatic rings. The quantitative estimate of drug-likeness (QED) is 0.781. The normalized spacial score (nSPS) is 34.5. The highest BCUT2D eigenvalue weighted by Crippen LogP contribution is 2.30. The van der Waals surface area contributed by atoms with E-state index in [1.807, 2.05) is 0 Å². The first-order valence-electron chi connectivity index (χ1n) is 7.10. The predicted molar refractivity (Wildman–Crippen MR) is 67.4 cm³/mol. The molecule has 0 aromatic heterocycles. The van der Waals surface area contributed by atoms with Gasteiger partial charge in [0, 0.05) is 6.04 Å². The molecule has 94 valence electrons. The average Bonchev–Trinajstić information content (AvgIpc) is 2.30. The maximum Gasteiger partial charge on any atom is 0.0695 e. The van der Waals surface area contributed by atoms with Crippen molar-refractivity contribution in [3.8, 4) is 0 Å². The summed E-state index contributed by atoms with van der Waals surface area (Å²) in [4.78, 5) is 2.56. The van der Waals surface area contributed by atoms with E-state index in [1.54, 1.807) is 0 Å². The minimum Gasteiger partial charge on any atom is -0.391 e. The Morgan fingerprint density at radius 2 is 1.62 bits per heavy atom. The van der Waals surface area contributed by atoms with Crippen LogP contribution in [0, 0.1) is 11.8 Å². The molecule has 0 spiro atoms. The highest BCUT2D eigenvalue weighted by Gasteiger charge is 2.31. The minimum absolute atomic E-state index is 0.0515. The summed E-state index contributed by atoms with van der Waals surface area (Å²) in [5.74, 6) is 1.75. The molecule has 1 aliphatic heterocycles. The van der Waals surface area contributed by atoms with E-state index in [9.17, 15) is 5.11 Å². The summed E-state index contributed by atoms with van der Waals surface area (Å²) in [6.45, 7) is 7.11. The van der Waals surface area contributed by atoms with Gasteiger partial charge in [-0.2, -0.15) is 0 Å². The van der Waals surface area contributed by atoms with Gasteiger partial charge in [-0.05, 0) is 50.6 Å². The van der Waals surface area contributed by atoms with Gasteiger partial charge in [0.25, 0.3) is 0 Å². The van der Waals surface area contributed by atoms with Crippen LogP contribution in [0.25, 0.3) is 0 Å². The minimum atomic E-state index is -0.0515. The Morgan fingerprint density at radius 3 is 2.19 bits per heavy atom. The number of nitrogens with zero attached hydrogens (tertiary/aromatic N) is 1. The summed E-state index contributed by atoms with van der Waals surface area (Å²) >= 11 is 0. The van der Waals surface area contributed by atoms with Crippen molar-refractivity contribution in [2.45, 2.75) is 64.5 Å². The Bertz CT molecular complexity index is 209. The van der Waals surface area contributed by atoms with Gasteiger partial charge >= 0.3 is 0 Å². The van der Waals surface area contributed by atoms with Gasteiger partial charge < -0.3 is 5.11 Å². The Labute approximate surface area is 100 Å². The zero-order chi connectivity index (χ0) is 11.5. The van der Waals surface area contributed by atoms with E-state index in [0.29, 0.717) is 6.04 Å². The number of hydrogen-bond acceptors (Lipinski definition) is 2. The monoisotopic (exact) mass is 225 g/mol. The maximum absolute atomic E-state index is 10.1. The van der Waals surface area contributed by atoms with Crippen molar-refractivity contribution in [1.82, 2.24) is 4.90 Å².